The standard InChI is InChI=1S/C22H25N3O4S2/c1-5-29-21(28)18-14(10-13(2)3)11-30-19(18)24-17(26)12-31-22-23-16-9-7-6-8-15(16)20(27)25(22)4/h6-9,11,13H,5,10,12H2,1-4H3,(H,24,26). The summed E-state index contributed by atoms with van der Waals surface area (Å²) < 4.78 is 6.63. The lowest BCUT2D eigenvalue weighted by atomic mass is 10.0. The Morgan fingerprint density at radius 1 is 1.29 bits per heavy atom. The van der Waals surface area contributed by atoms with Gasteiger partial charge in [-0.05, 0) is 42.3 Å². The van der Waals surface area contributed by atoms with E-state index in [-0.39, 0.29) is 23.8 Å². The second-order valence-electron chi connectivity index (χ2n) is 7.40. The number of hydrogen-bond donors (Lipinski definition) is 1. The van der Waals surface area contributed by atoms with E-state index in [1.807, 2.05) is 11.4 Å². The molecule has 0 unspecified atom stereocenters. The summed E-state index contributed by atoms with van der Waals surface area (Å²) in [5, 5.41) is 6.20. The number of nitrogens with one attached hydrogen (secondary N) is 1. The smallest absolute Gasteiger partial charge is 0.341 e. The Balaban J connectivity index is 1.76. The zero-order valence-corrected chi connectivity index (χ0v) is 19.6. The van der Waals surface area contributed by atoms with Gasteiger partial charge in [0.15, 0.2) is 5.16 Å². The number of rotatable bonds is 8. The van der Waals surface area contributed by atoms with E-state index in [0.29, 0.717) is 32.5 Å². The van der Waals surface area contributed by atoms with Crippen LogP contribution in [0.5, 0.6) is 0 Å². The molecule has 0 aliphatic carbocycles. The van der Waals surface area contributed by atoms with Crippen molar-refractivity contribution >= 4 is 50.9 Å². The lowest BCUT2D eigenvalue weighted by Gasteiger charge is -2.10. The normalized spacial score (nSPS) is 11.1. The first kappa shape index (κ1) is 23.0. The first-order chi connectivity index (χ1) is 14.8. The van der Waals surface area contributed by atoms with Crippen molar-refractivity contribution in [2.45, 2.75) is 32.3 Å². The number of anilines is 1. The van der Waals surface area contributed by atoms with E-state index in [1.165, 1.54) is 27.7 Å². The van der Waals surface area contributed by atoms with E-state index in [9.17, 15) is 14.4 Å². The highest BCUT2D eigenvalue weighted by molar-refractivity contribution is 7.99. The van der Waals surface area contributed by atoms with Gasteiger partial charge in [-0.2, -0.15) is 0 Å². The van der Waals surface area contributed by atoms with Crippen molar-refractivity contribution in [1.82, 2.24) is 9.55 Å². The molecule has 0 saturated carbocycles. The molecule has 3 rings (SSSR count). The topological polar surface area (TPSA) is 90.3 Å². The molecule has 0 atom stereocenters. The van der Waals surface area contributed by atoms with Crippen LogP contribution in [0.3, 0.4) is 0 Å². The fourth-order valence-electron chi connectivity index (χ4n) is 3.12. The molecule has 0 radical (unpaired) electrons. The highest BCUT2D eigenvalue weighted by atomic mass is 32.2. The van der Waals surface area contributed by atoms with Gasteiger partial charge in [-0.25, -0.2) is 9.78 Å². The maximum atomic E-state index is 12.6. The van der Waals surface area contributed by atoms with Gasteiger partial charge in [0, 0.05) is 7.05 Å². The van der Waals surface area contributed by atoms with Gasteiger partial charge >= 0.3 is 5.97 Å². The van der Waals surface area contributed by atoms with Crippen molar-refractivity contribution in [1.29, 1.82) is 0 Å². The number of aromatic nitrogens is 2. The number of ether oxygens (including phenoxy) is 1. The number of para-hydroxylation sites is 1. The van der Waals surface area contributed by atoms with Crippen molar-refractivity contribution < 1.29 is 14.3 Å². The Labute approximate surface area is 188 Å². The zero-order valence-electron chi connectivity index (χ0n) is 17.9. The lowest BCUT2D eigenvalue weighted by Crippen LogP contribution is -2.21. The van der Waals surface area contributed by atoms with Gasteiger partial charge in [0.05, 0.1) is 28.8 Å². The fourth-order valence-corrected chi connectivity index (χ4v) is 4.87. The van der Waals surface area contributed by atoms with Gasteiger partial charge in [0.1, 0.15) is 5.00 Å². The molecule has 1 N–H and O–H groups in total. The minimum Gasteiger partial charge on any atom is -0.462 e. The van der Waals surface area contributed by atoms with E-state index in [2.05, 4.69) is 24.1 Å². The lowest BCUT2D eigenvalue weighted by molar-refractivity contribution is -0.113. The van der Waals surface area contributed by atoms with Gasteiger partial charge in [-0.15, -0.1) is 11.3 Å². The molecule has 0 aliphatic heterocycles. The van der Waals surface area contributed by atoms with E-state index < -0.39 is 5.97 Å². The van der Waals surface area contributed by atoms with E-state index >= 15 is 0 Å². The number of hydrogen-bond acceptors (Lipinski definition) is 7. The molecule has 164 valence electrons. The molecule has 31 heavy (non-hydrogen) atoms. The van der Waals surface area contributed by atoms with E-state index in [1.54, 1.807) is 32.2 Å². The Kier molecular flexibility index (Phi) is 7.50. The Hall–Kier alpha value is -2.65. The number of carbonyl (C=O) groups is 2. The number of fused-ring (bicyclic) bond motifs is 1. The minimum atomic E-state index is -0.430. The first-order valence-corrected chi connectivity index (χ1v) is 11.8. The fraction of sp³-hybridized carbons (Fsp3) is 0.364. The van der Waals surface area contributed by atoms with Gasteiger partial charge in [0.25, 0.3) is 5.56 Å². The molecule has 1 aromatic carbocycles. The number of nitrogens with zero attached hydrogens (tertiary/aromatic N) is 2. The Bertz CT molecular complexity index is 1170. The van der Waals surface area contributed by atoms with Gasteiger partial charge in [-0.3, -0.25) is 14.2 Å². The third-order valence-corrected chi connectivity index (χ3v) is 6.48. The van der Waals surface area contributed by atoms with Crippen LogP contribution in [0, 0.1) is 5.92 Å². The molecule has 0 bridgehead atoms. The zero-order chi connectivity index (χ0) is 22.5. The maximum Gasteiger partial charge on any atom is 0.341 e. The number of amides is 1. The monoisotopic (exact) mass is 459 g/mol. The summed E-state index contributed by atoms with van der Waals surface area (Å²) in [6, 6.07) is 7.11. The molecular formula is C22H25N3O4S2. The summed E-state index contributed by atoms with van der Waals surface area (Å²) in [5.74, 6) is -0.294. The third kappa shape index (κ3) is 5.34. The van der Waals surface area contributed by atoms with Crippen LogP contribution in [0.25, 0.3) is 10.9 Å². The van der Waals surface area contributed by atoms with Gasteiger partial charge in [-0.1, -0.05) is 37.7 Å². The van der Waals surface area contributed by atoms with Crippen molar-refractivity contribution in [3.8, 4) is 0 Å². The highest BCUT2D eigenvalue weighted by Crippen LogP contribution is 2.31. The van der Waals surface area contributed by atoms with Gasteiger partial charge < -0.3 is 10.1 Å². The number of thioether (sulfide) groups is 1. The second-order valence-corrected chi connectivity index (χ2v) is 9.22. The summed E-state index contributed by atoms with van der Waals surface area (Å²) in [7, 11) is 1.64. The summed E-state index contributed by atoms with van der Waals surface area (Å²) in [5.41, 5.74) is 1.74. The van der Waals surface area contributed by atoms with Crippen LogP contribution in [-0.2, 0) is 23.0 Å². The first-order valence-electron chi connectivity index (χ1n) is 9.97. The quantitative estimate of drug-likeness (QED) is 0.310. The third-order valence-electron chi connectivity index (χ3n) is 4.50. The highest BCUT2D eigenvalue weighted by Gasteiger charge is 2.22. The molecule has 1 amide bonds. The average molecular weight is 460 g/mol. The van der Waals surface area contributed by atoms with Crippen LogP contribution in [0.2, 0.25) is 0 Å². The Morgan fingerprint density at radius 3 is 2.74 bits per heavy atom. The summed E-state index contributed by atoms with van der Waals surface area (Å²) >= 11 is 2.49. The Morgan fingerprint density at radius 2 is 2.03 bits per heavy atom. The molecule has 0 fully saturated rings. The number of thiophene rings is 1. The molecule has 0 aliphatic rings. The predicted octanol–water partition coefficient (Wildman–Crippen LogP) is 4.10. The molecule has 2 heterocycles. The van der Waals surface area contributed by atoms with Crippen molar-refractivity contribution in [2.24, 2.45) is 13.0 Å². The predicted molar refractivity (Wildman–Crippen MR) is 125 cm³/mol. The van der Waals surface area contributed by atoms with Crippen LogP contribution in [0.4, 0.5) is 5.00 Å². The second kappa shape index (κ2) is 10.1. The minimum absolute atomic E-state index is 0.0539. The summed E-state index contributed by atoms with van der Waals surface area (Å²) in [6.45, 7) is 6.16. The molecule has 2 aromatic heterocycles. The summed E-state index contributed by atoms with van der Waals surface area (Å²) in [4.78, 5) is 42.1. The molecule has 0 spiro atoms. The van der Waals surface area contributed by atoms with Crippen LogP contribution in [0.1, 0.15) is 36.7 Å². The SMILES string of the molecule is CCOC(=O)c1c(CC(C)C)csc1NC(=O)CSc1nc2ccccc2c(=O)n1C. The molecular weight excluding hydrogens is 434 g/mol. The molecule has 0 saturated heterocycles. The van der Waals surface area contributed by atoms with Crippen LogP contribution < -0.4 is 10.9 Å². The number of esters is 1. The number of benzene rings is 1. The van der Waals surface area contributed by atoms with E-state index in [4.69, 9.17) is 4.74 Å². The number of carbonyl (C=O) groups excluding carboxylic acids is 2. The van der Waals surface area contributed by atoms with Crippen LogP contribution in [0.15, 0.2) is 39.6 Å². The molecule has 9 heteroatoms. The van der Waals surface area contributed by atoms with Crippen LogP contribution >= 0.6 is 23.1 Å². The van der Waals surface area contributed by atoms with Crippen molar-refractivity contribution in [2.75, 3.05) is 17.7 Å². The van der Waals surface area contributed by atoms with Gasteiger partial charge in [0.2, 0.25) is 5.91 Å². The van der Waals surface area contributed by atoms with Crippen molar-refractivity contribution in [3.63, 3.8) is 0 Å². The summed E-state index contributed by atoms with van der Waals surface area (Å²) in [6.07, 6.45) is 0.721. The molecule has 7 nitrogen and oxygen atoms in total. The van der Waals surface area contributed by atoms with E-state index in [0.717, 1.165) is 12.0 Å². The largest absolute Gasteiger partial charge is 0.462 e. The van der Waals surface area contributed by atoms with Crippen molar-refractivity contribution in [3.05, 3.63) is 51.1 Å². The molecule has 3 aromatic rings. The maximum absolute atomic E-state index is 12.6. The average Bonchev–Trinajstić information content (AvgIpc) is 3.11. The van der Waals surface area contributed by atoms with Crippen LogP contribution in [-0.4, -0.2) is 33.8 Å².